The van der Waals surface area contributed by atoms with E-state index in [1.165, 1.54) is 18.4 Å². The normalized spacial score (nSPS) is 18.4. The number of hydrogen-bond donors (Lipinski definition) is 2. The van der Waals surface area contributed by atoms with E-state index < -0.39 is 0 Å². The second kappa shape index (κ2) is 6.74. The quantitative estimate of drug-likeness (QED) is 0.804. The zero-order chi connectivity index (χ0) is 11.9. The standard InChI is InChI=1S/C14H22N2O/c17-11-8-15-14-6-9-16(10-7-14)12-13-4-2-1-3-5-13/h1-5,14-15,17H,6-12H2. The summed E-state index contributed by atoms with van der Waals surface area (Å²) in [6.45, 7) is 4.33. The number of piperidine rings is 1. The molecule has 0 unspecified atom stereocenters. The van der Waals surface area contributed by atoms with E-state index in [1.807, 2.05) is 0 Å². The average Bonchev–Trinajstić information content (AvgIpc) is 2.39. The molecule has 0 amide bonds. The Morgan fingerprint density at radius 3 is 2.53 bits per heavy atom. The monoisotopic (exact) mass is 234 g/mol. The van der Waals surface area contributed by atoms with Gasteiger partial charge in [0, 0.05) is 19.1 Å². The van der Waals surface area contributed by atoms with Crippen LogP contribution >= 0.6 is 0 Å². The van der Waals surface area contributed by atoms with Crippen LogP contribution in [0.25, 0.3) is 0 Å². The number of aliphatic hydroxyl groups excluding tert-OH is 1. The minimum atomic E-state index is 0.240. The van der Waals surface area contributed by atoms with Crippen LogP contribution in [0.3, 0.4) is 0 Å². The molecule has 0 radical (unpaired) electrons. The number of benzene rings is 1. The maximum absolute atomic E-state index is 8.77. The Labute approximate surface area is 103 Å². The molecule has 1 aromatic rings. The molecule has 1 aromatic carbocycles. The van der Waals surface area contributed by atoms with Crippen molar-refractivity contribution in [3.63, 3.8) is 0 Å². The first kappa shape index (κ1) is 12.6. The van der Waals surface area contributed by atoms with Crippen molar-refractivity contribution in [2.75, 3.05) is 26.2 Å². The van der Waals surface area contributed by atoms with Crippen LogP contribution in [0.15, 0.2) is 30.3 Å². The van der Waals surface area contributed by atoms with Crippen LogP contribution in [0, 0.1) is 0 Å². The van der Waals surface area contributed by atoms with E-state index in [9.17, 15) is 0 Å². The van der Waals surface area contributed by atoms with E-state index in [-0.39, 0.29) is 6.61 Å². The minimum Gasteiger partial charge on any atom is -0.395 e. The lowest BCUT2D eigenvalue weighted by Gasteiger charge is -2.32. The first-order valence-electron chi connectivity index (χ1n) is 6.49. The lowest BCUT2D eigenvalue weighted by Crippen LogP contribution is -2.42. The van der Waals surface area contributed by atoms with Gasteiger partial charge in [0.2, 0.25) is 0 Å². The lowest BCUT2D eigenvalue weighted by molar-refractivity contribution is 0.184. The molecular weight excluding hydrogens is 212 g/mol. The molecule has 3 nitrogen and oxygen atoms in total. The van der Waals surface area contributed by atoms with Gasteiger partial charge in [0.25, 0.3) is 0 Å². The summed E-state index contributed by atoms with van der Waals surface area (Å²) in [5, 5.41) is 12.1. The number of rotatable bonds is 5. The zero-order valence-electron chi connectivity index (χ0n) is 10.3. The highest BCUT2D eigenvalue weighted by Gasteiger charge is 2.18. The van der Waals surface area contributed by atoms with Crippen LogP contribution in [0.4, 0.5) is 0 Å². The molecule has 1 aliphatic heterocycles. The molecule has 1 aliphatic rings. The maximum Gasteiger partial charge on any atom is 0.0556 e. The number of likely N-dealkylation sites (tertiary alicyclic amines) is 1. The second-order valence-electron chi connectivity index (χ2n) is 4.71. The molecule has 2 rings (SSSR count). The van der Waals surface area contributed by atoms with Gasteiger partial charge in [-0.1, -0.05) is 30.3 Å². The molecule has 0 spiro atoms. The van der Waals surface area contributed by atoms with Crippen LogP contribution in [-0.2, 0) is 6.54 Å². The fraction of sp³-hybridized carbons (Fsp3) is 0.571. The Hall–Kier alpha value is -0.900. The number of nitrogens with zero attached hydrogens (tertiary/aromatic N) is 1. The molecule has 0 aliphatic carbocycles. The third-order valence-corrected chi connectivity index (χ3v) is 3.38. The number of nitrogens with one attached hydrogen (secondary N) is 1. The maximum atomic E-state index is 8.77. The fourth-order valence-electron chi connectivity index (χ4n) is 2.41. The molecule has 94 valence electrons. The van der Waals surface area contributed by atoms with E-state index >= 15 is 0 Å². The molecule has 1 heterocycles. The van der Waals surface area contributed by atoms with E-state index in [2.05, 4.69) is 40.5 Å². The molecule has 0 saturated carbocycles. The van der Waals surface area contributed by atoms with E-state index in [0.717, 1.165) is 26.2 Å². The van der Waals surface area contributed by atoms with Crippen molar-refractivity contribution < 1.29 is 5.11 Å². The molecule has 1 saturated heterocycles. The second-order valence-corrected chi connectivity index (χ2v) is 4.71. The summed E-state index contributed by atoms with van der Waals surface area (Å²) in [7, 11) is 0. The highest BCUT2D eigenvalue weighted by molar-refractivity contribution is 5.14. The van der Waals surface area contributed by atoms with E-state index in [1.54, 1.807) is 0 Å². The van der Waals surface area contributed by atoms with Gasteiger partial charge in [0.15, 0.2) is 0 Å². The van der Waals surface area contributed by atoms with Crippen LogP contribution in [-0.4, -0.2) is 42.3 Å². The van der Waals surface area contributed by atoms with Crippen LogP contribution in [0.2, 0.25) is 0 Å². The van der Waals surface area contributed by atoms with Crippen molar-refractivity contribution >= 4 is 0 Å². The molecule has 3 heteroatoms. The average molecular weight is 234 g/mol. The van der Waals surface area contributed by atoms with Gasteiger partial charge in [0.1, 0.15) is 0 Å². The largest absolute Gasteiger partial charge is 0.395 e. The van der Waals surface area contributed by atoms with Gasteiger partial charge in [-0.2, -0.15) is 0 Å². The van der Waals surface area contributed by atoms with E-state index in [4.69, 9.17) is 5.11 Å². The molecule has 0 atom stereocenters. The summed E-state index contributed by atoms with van der Waals surface area (Å²) >= 11 is 0. The van der Waals surface area contributed by atoms with Crippen LogP contribution in [0.5, 0.6) is 0 Å². The Morgan fingerprint density at radius 1 is 1.18 bits per heavy atom. The molecule has 0 aromatic heterocycles. The Balaban J connectivity index is 1.72. The highest BCUT2D eigenvalue weighted by atomic mass is 16.3. The smallest absolute Gasteiger partial charge is 0.0556 e. The first-order chi connectivity index (χ1) is 8.38. The Bertz CT molecular complexity index is 307. The van der Waals surface area contributed by atoms with Crippen molar-refractivity contribution in [3.8, 4) is 0 Å². The molecule has 0 bridgehead atoms. The van der Waals surface area contributed by atoms with Gasteiger partial charge < -0.3 is 10.4 Å². The minimum absolute atomic E-state index is 0.240. The topological polar surface area (TPSA) is 35.5 Å². The highest BCUT2D eigenvalue weighted by Crippen LogP contribution is 2.13. The fourth-order valence-corrected chi connectivity index (χ4v) is 2.41. The third kappa shape index (κ3) is 4.11. The molecule has 17 heavy (non-hydrogen) atoms. The molecular formula is C14H22N2O. The van der Waals surface area contributed by atoms with Gasteiger partial charge in [-0.25, -0.2) is 0 Å². The first-order valence-corrected chi connectivity index (χ1v) is 6.49. The lowest BCUT2D eigenvalue weighted by atomic mass is 10.0. The predicted molar refractivity (Wildman–Crippen MR) is 69.8 cm³/mol. The SMILES string of the molecule is OCCNC1CCN(Cc2ccccc2)CC1. The molecule has 1 fully saturated rings. The summed E-state index contributed by atoms with van der Waals surface area (Å²) in [5.74, 6) is 0. The van der Waals surface area contributed by atoms with Crippen molar-refractivity contribution in [1.82, 2.24) is 10.2 Å². The predicted octanol–water partition coefficient (Wildman–Crippen LogP) is 1.23. The van der Waals surface area contributed by atoms with Gasteiger partial charge in [-0.3, -0.25) is 4.90 Å². The van der Waals surface area contributed by atoms with Crippen molar-refractivity contribution in [2.24, 2.45) is 0 Å². The zero-order valence-corrected chi connectivity index (χ0v) is 10.3. The number of aliphatic hydroxyl groups is 1. The van der Waals surface area contributed by atoms with Crippen LogP contribution in [0.1, 0.15) is 18.4 Å². The Kier molecular flexibility index (Phi) is 4.98. The van der Waals surface area contributed by atoms with Crippen LogP contribution < -0.4 is 5.32 Å². The summed E-state index contributed by atoms with van der Waals surface area (Å²) < 4.78 is 0. The van der Waals surface area contributed by atoms with Crippen molar-refractivity contribution in [2.45, 2.75) is 25.4 Å². The summed E-state index contributed by atoms with van der Waals surface area (Å²) in [5.41, 5.74) is 1.40. The van der Waals surface area contributed by atoms with Gasteiger partial charge >= 0.3 is 0 Å². The molecule has 2 N–H and O–H groups in total. The van der Waals surface area contributed by atoms with Crippen molar-refractivity contribution in [1.29, 1.82) is 0 Å². The summed E-state index contributed by atoms with van der Waals surface area (Å²) in [6.07, 6.45) is 2.37. The summed E-state index contributed by atoms with van der Waals surface area (Å²) in [4.78, 5) is 2.51. The third-order valence-electron chi connectivity index (χ3n) is 3.38. The van der Waals surface area contributed by atoms with Crippen molar-refractivity contribution in [3.05, 3.63) is 35.9 Å². The van der Waals surface area contributed by atoms with Gasteiger partial charge in [0.05, 0.1) is 6.61 Å². The van der Waals surface area contributed by atoms with Gasteiger partial charge in [-0.15, -0.1) is 0 Å². The summed E-state index contributed by atoms with van der Waals surface area (Å²) in [6, 6.07) is 11.2. The Morgan fingerprint density at radius 2 is 1.88 bits per heavy atom. The van der Waals surface area contributed by atoms with Gasteiger partial charge in [-0.05, 0) is 31.5 Å². The number of hydrogen-bond acceptors (Lipinski definition) is 3. The van der Waals surface area contributed by atoms with E-state index in [0.29, 0.717) is 6.04 Å².